The molecule has 2 aliphatic rings. The summed E-state index contributed by atoms with van der Waals surface area (Å²) >= 11 is 0. The fourth-order valence-electron chi connectivity index (χ4n) is 4.91. The van der Waals surface area contributed by atoms with E-state index in [1.165, 1.54) is 38.1 Å². The summed E-state index contributed by atoms with van der Waals surface area (Å²) in [4.78, 5) is 18.6. The van der Waals surface area contributed by atoms with Crippen LogP contribution in [0.25, 0.3) is 33.7 Å². The first-order valence-electron chi connectivity index (χ1n) is 12.0. The van der Waals surface area contributed by atoms with Gasteiger partial charge in [0.2, 0.25) is 0 Å². The van der Waals surface area contributed by atoms with Crippen LogP contribution in [0.5, 0.6) is 5.75 Å². The van der Waals surface area contributed by atoms with Crippen LogP contribution in [0.4, 0.5) is 10.1 Å². The van der Waals surface area contributed by atoms with Crippen LogP contribution >= 0.6 is 0 Å². The number of hydrogen-bond acceptors (Lipinski definition) is 3. The highest BCUT2D eigenvalue weighted by molar-refractivity contribution is 6.35. The van der Waals surface area contributed by atoms with Crippen LogP contribution in [-0.4, -0.2) is 42.0 Å². The maximum atomic E-state index is 13.3. The van der Waals surface area contributed by atoms with Gasteiger partial charge < -0.3 is 15.0 Å². The fraction of sp³-hybridized carbons (Fsp3) is 0.207. The van der Waals surface area contributed by atoms with E-state index in [0.717, 1.165) is 51.3 Å². The monoisotopic (exact) mass is 467 g/mol. The Morgan fingerprint density at radius 1 is 0.943 bits per heavy atom. The standard InChI is InChI=1S/C29H26FN3O2/c30-22-6-3-19(4-7-22)20-5-9-25-26(29(34)32-28(25)17-20)18-23-15-21-16-24(8-10-27(21)31-23)35-14-13-33-11-1-2-12-33/h3-10,15-18,31H,1-2,11-14H2,(H,32,34)/b26-18-. The molecule has 3 heterocycles. The largest absolute Gasteiger partial charge is 0.492 e. The number of halogens is 1. The molecule has 6 heteroatoms. The molecule has 6 rings (SSSR count). The zero-order valence-corrected chi connectivity index (χ0v) is 19.3. The number of hydrogen-bond donors (Lipinski definition) is 2. The molecule has 1 saturated heterocycles. The van der Waals surface area contributed by atoms with Crippen LogP contribution in [0, 0.1) is 5.82 Å². The first-order valence-corrected chi connectivity index (χ1v) is 12.0. The molecule has 0 aliphatic carbocycles. The maximum absolute atomic E-state index is 13.3. The minimum Gasteiger partial charge on any atom is -0.492 e. The number of nitrogens with one attached hydrogen (secondary N) is 2. The summed E-state index contributed by atoms with van der Waals surface area (Å²) in [6.45, 7) is 3.98. The van der Waals surface area contributed by atoms with Gasteiger partial charge in [-0.15, -0.1) is 0 Å². The van der Waals surface area contributed by atoms with Crippen molar-refractivity contribution in [3.8, 4) is 16.9 Å². The summed E-state index contributed by atoms with van der Waals surface area (Å²) in [5.74, 6) is 0.445. The number of carbonyl (C=O) groups is 1. The minimum atomic E-state index is -0.271. The lowest BCUT2D eigenvalue weighted by Crippen LogP contribution is -2.25. The van der Waals surface area contributed by atoms with Crippen LogP contribution in [-0.2, 0) is 4.79 Å². The molecule has 2 N–H and O–H groups in total. The van der Waals surface area contributed by atoms with Crippen molar-refractivity contribution in [3.05, 3.63) is 83.8 Å². The molecular weight excluding hydrogens is 441 g/mol. The summed E-state index contributed by atoms with van der Waals surface area (Å²) in [6, 6.07) is 20.2. The Bertz CT molecular complexity index is 1430. The van der Waals surface area contributed by atoms with Gasteiger partial charge in [-0.25, -0.2) is 4.39 Å². The molecule has 0 radical (unpaired) electrons. The number of rotatable bonds is 6. The molecule has 0 unspecified atom stereocenters. The van der Waals surface area contributed by atoms with Gasteiger partial charge in [0, 0.05) is 34.4 Å². The lowest BCUT2D eigenvalue weighted by atomic mass is 10.00. The number of anilines is 1. The predicted octanol–water partition coefficient (Wildman–Crippen LogP) is 5.94. The molecule has 0 saturated carbocycles. The van der Waals surface area contributed by atoms with Crippen LogP contribution in [0.2, 0.25) is 0 Å². The van der Waals surface area contributed by atoms with Crippen molar-refractivity contribution in [2.45, 2.75) is 12.8 Å². The number of benzene rings is 3. The second kappa shape index (κ2) is 9.04. The second-order valence-electron chi connectivity index (χ2n) is 9.15. The number of H-pyrrole nitrogens is 1. The van der Waals surface area contributed by atoms with Crippen molar-refractivity contribution >= 4 is 34.1 Å². The Balaban J connectivity index is 1.22. The van der Waals surface area contributed by atoms with Crippen molar-refractivity contribution in [1.82, 2.24) is 9.88 Å². The SMILES string of the molecule is O=C1Nc2cc(-c3ccc(F)cc3)ccc2/C1=C/c1cc2cc(OCCN3CCCC3)ccc2[nH]1. The van der Waals surface area contributed by atoms with Gasteiger partial charge in [-0.2, -0.15) is 0 Å². The van der Waals surface area contributed by atoms with Gasteiger partial charge in [-0.3, -0.25) is 9.69 Å². The molecule has 3 aromatic carbocycles. The van der Waals surface area contributed by atoms with E-state index in [-0.39, 0.29) is 11.7 Å². The number of aromatic amines is 1. The van der Waals surface area contributed by atoms with Crippen LogP contribution in [0.1, 0.15) is 24.1 Å². The number of fused-ring (bicyclic) bond motifs is 2. The van der Waals surface area contributed by atoms with Gasteiger partial charge in [0.15, 0.2) is 0 Å². The number of carbonyl (C=O) groups excluding carboxylic acids is 1. The van der Waals surface area contributed by atoms with Gasteiger partial charge in [0.1, 0.15) is 18.2 Å². The molecule has 1 amide bonds. The zero-order chi connectivity index (χ0) is 23.8. The molecule has 35 heavy (non-hydrogen) atoms. The number of likely N-dealkylation sites (tertiary alicyclic amines) is 1. The number of amides is 1. The highest BCUT2D eigenvalue weighted by Gasteiger charge is 2.24. The summed E-state index contributed by atoms with van der Waals surface area (Å²) in [5, 5.41) is 4.00. The smallest absolute Gasteiger partial charge is 0.256 e. The Morgan fingerprint density at radius 3 is 2.57 bits per heavy atom. The topological polar surface area (TPSA) is 57.4 Å². The number of ether oxygens (including phenoxy) is 1. The van der Waals surface area contributed by atoms with E-state index >= 15 is 0 Å². The Morgan fingerprint density at radius 2 is 1.74 bits per heavy atom. The third-order valence-electron chi connectivity index (χ3n) is 6.77. The van der Waals surface area contributed by atoms with Crippen molar-refractivity contribution in [2.75, 3.05) is 31.6 Å². The quantitative estimate of drug-likeness (QED) is 0.345. The van der Waals surface area contributed by atoms with Gasteiger partial charge in [0.05, 0.1) is 5.57 Å². The van der Waals surface area contributed by atoms with E-state index in [1.807, 2.05) is 48.5 Å². The molecule has 0 atom stereocenters. The summed E-state index contributed by atoms with van der Waals surface area (Å²) in [5.41, 5.74) is 5.89. The van der Waals surface area contributed by atoms with E-state index in [4.69, 9.17) is 4.74 Å². The van der Waals surface area contributed by atoms with Gasteiger partial charge in [-0.1, -0.05) is 24.3 Å². The Labute approximate surface area is 203 Å². The van der Waals surface area contributed by atoms with E-state index in [0.29, 0.717) is 12.2 Å². The second-order valence-corrected chi connectivity index (χ2v) is 9.15. The van der Waals surface area contributed by atoms with E-state index < -0.39 is 0 Å². The fourth-order valence-corrected chi connectivity index (χ4v) is 4.91. The van der Waals surface area contributed by atoms with Crippen molar-refractivity contribution < 1.29 is 13.9 Å². The number of nitrogens with zero attached hydrogens (tertiary/aromatic N) is 1. The van der Waals surface area contributed by atoms with Crippen molar-refractivity contribution in [1.29, 1.82) is 0 Å². The Hall–Kier alpha value is -3.90. The normalized spacial score (nSPS) is 16.7. The van der Waals surface area contributed by atoms with Gasteiger partial charge >= 0.3 is 0 Å². The highest BCUT2D eigenvalue weighted by atomic mass is 19.1. The highest BCUT2D eigenvalue weighted by Crippen LogP contribution is 2.36. The predicted molar refractivity (Wildman–Crippen MR) is 138 cm³/mol. The summed E-state index contributed by atoms with van der Waals surface area (Å²) in [7, 11) is 0. The molecule has 1 fully saturated rings. The first kappa shape index (κ1) is 21.6. The van der Waals surface area contributed by atoms with Crippen LogP contribution < -0.4 is 10.1 Å². The lowest BCUT2D eigenvalue weighted by molar-refractivity contribution is -0.110. The third-order valence-corrected chi connectivity index (χ3v) is 6.77. The molecule has 4 aromatic rings. The van der Waals surface area contributed by atoms with Crippen molar-refractivity contribution in [2.24, 2.45) is 0 Å². The first-order chi connectivity index (χ1) is 17.1. The molecule has 176 valence electrons. The molecule has 0 spiro atoms. The van der Waals surface area contributed by atoms with Crippen LogP contribution in [0.15, 0.2) is 66.7 Å². The summed E-state index contributed by atoms with van der Waals surface area (Å²) < 4.78 is 19.2. The van der Waals surface area contributed by atoms with E-state index in [2.05, 4.69) is 15.2 Å². The molecule has 2 aliphatic heterocycles. The number of aromatic nitrogens is 1. The van der Waals surface area contributed by atoms with Crippen molar-refractivity contribution in [3.63, 3.8) is 0 Å². The Kier molecular flexibility index (Phi) is 5.58. The summed E-state index contributed by atoms with van der Waals surface area (Å²) in [6.07, 6.45) is 4.45. The molecule has 0 bridgehead atoms. The molecule has 5 nitrogen and oxygen atoms in total. The minimum absolute atomic E-state index is 0.138. The van der Waals surface area contributed by atoms with E-state index in [9.17, 15) is 9.18 Å². The average molecular weight is 468 g/mol. The lowest BCUT2D eigenvalue weighted by Gasteiger charge is -2.14. The average Bonchev–Trinajstić information content (AvgIpc) is 3.58. The van der Waals surface area contributed by atoms with Crippen LogP contribution in [0.3, 0.4) is 0 Å². The third kappa shape index (κ3) is 4.45. The molecule has 1 aromatic heterocycles. The molecular formula is C29H26FN3O2. The zero-order valence-electron chi connectivity index (χ0n) is 19.3. The van der Waals surface area contributed by atoms with Gasteiger partial charge in [-0.05, 0) is 85.6 Å². The van der Waals surface area contributed by atoms with Gasteiger partial charge in [0.25, 0.3) is 5.91 Å². The van der Waals surface area contributed by atoms with E-state index in [1.54, 1.807) is 12.1 Å². The maximum Gasteiger partial charge on any atom is 0.256 e.